The fourth-order valence-electron chi connectivity index (χ4n) is 1.94. The van der Waals surface area contributed by atoms with Crippen LogP contribution in [0.5, 0.6) is 5.75 Å². The van der Waals surface area contributed by atoms with Crippen molar-refractivity contribution in [1.82, 2.24) is 0 Å². The number of amidine groups is 1. The van der Waals surface area contributed by atoms with Crippen molar-refractivity contribution in [3.05, 3.63) is 23.8 Å². The largest absolute Gasteiger partial charge is 0.481 e. The maximum Gasteiger partial charge on any atom is 0.153 e. The summed E-state index contributed by atoms with van der Waals surface area (Å²) in [4.78, 5) is 4.34. The molecule has 0 aromatic heterocycles. The van der Waals surface area contributed by atoms with Gasteiger partial charge in [0, 0.05) is 6.04 Å². The van der Waals surface area contributed by atoms with Crippen molar-refractivity contribution >= 4 is 48.7 Å². The first-order valence-corrected chi connectivity index (χ1v) is 6.22. The number of nitrogens with zero attached hydrogens (tertiary/aromatic N) is 1. The number of hydrogen-bond donors (Lipinski definition) is 3. The monoisotopic (exact) mass is 356 g/mol. The first kappa shape index (κ1) is 22.6. The Labute approximate surface area is 143 Å². The molecule has 0 saturated carbocycles. The summed E-state index contributed by atoms with van der Waals surface area (Å²) in [6, 6.07) is 5.80. The molecule has 1 aromatic carbocycles. The third-order valence-corrected chi connectivity index (χ3v) is 3.10. The minimum atomic E-state index is -0.172. The van der Waals surface area contributed by atoms with Gasteiger partial charge in [0.25, 0.3) is 0 Å². The Morgan fingerprint density at radius 2 is 1.95 bits per heavy atom. The zero-order chi connectivity index (χ0) is 13.1. The van der Waals surface area contributed by atoms with E-state index in [1.807, 2.05) is 25.1 Å². The Hall–Kier alpha value is -0.720. The Balaban J connectivity index is 0. The van der Waals surface area contributed by atoms with E-state index in [1.165, 1.54) is 0 Å². The minimum absolute atomic E-state index is 0. The zero-order valence-corrected chi connectivity index (χ0v) is 14.3. The predicted octanol–water partition coefficient (Wildman–Crippen LogP) is 2.46. The second-order valence-corrected chi connectivity index (χ2v) is 4.56. The highest BCUT2D eigenvalue weighted by molar-refractivity contribution is 5.89. The van der Waals surface area contributed by atoms with Crippen LogP contribution in [0.3, 0.4) is 0 Å². The molecule has 8 heteroatoms. The standard InChI is InChI=1S/C13H20N4O.3ClH/c1-8-13(16)17-11-7-9(4-5-12(11)18-8)10(15)3-2-6-14;;;/h4-5,7-8,10H,2-3,6,14-15H2,1H3,(H2,16,17);3*1H. The Morgan fingerprint density at radius 1 is 1.29 bits per heavy atom. The smallest absolute Gasteiger partial charge is 0.153 e. The third-order valence-electron chi connectivity index (χ3n) is 3.10. The third kappa shape index (κ3) is 5.52. The van der Waals surface area contributed by atoms with Gasteiger partial charge in [-0.25, -0.2) is 4.99 Å². The van der Waals surface area contributed by atoms with Gasteiger partial charge in [-0.3, -0.25) is 0 Å². The van der Waals surface area contributed by atoms with Crippen LogP contribution in [-0.4, -0.2) is 18.5 Å². The first-order valence-electron chi connectivity index (χ1n) is 6.22. The van der Waals surface area contributed by atoms with Crippen LogP contribution in [0.15, 0.2) is 23.2 Å². The number of hydrogen-bond acceptors (Lipinski definition) is 5. The van der Waals surface area contributed by atoms with Gasteiger partial charge < -0.3 is 21.9 Å². The van der Waals surface area contributed by atoms with E-state index in [0.29, 0.717) is 12.4 Å². The van der Waals surface area contributed by atoms with Crippen LogP contribution < -0.4 is 21.9 Å². The van der Waals surface area contributed by atoms with Gasteiger partial charge >= 0.3 is 0 Å². The van der Waals surface area contributed by atoms with Gasteiger partial charge in [-0.2, -0.15) is 0 Å². The fourth-order valence-corrected chi connectivity index (χ4v) is 1.94. The number of halogens is 3. The van der Waals surface area contributed by atoms with Gasteiger partial charge in [-0.05, 0) is 44.0 Å². The Bertz CT molecular complexity index is 471. The highest BCUT2D eigenvalue weighted by Crippen LogP contribution is 2.34. The molecule has 1 aromatic rings. The van der Waals surface area contributed by atoms with Crippen LogP contribution in [-0.2, 0) is 0 Å². The summed E-state index contributed by atoms with van der Waals surface area (Å²) in [5.41, 5.74) is 19.2. The molecule has 0 aliphatic carbocycles. The number of aliphatic imine (C=N–C) groups is 1. The molecule has 2 atom stereocenters. The molecule has 0 radical (unpaired) electrons. The van der Waals surface area contributed by atoms with Crippen molar-refractivity contribution in [2.24, 2.45) is 22.2 Å². The van der Waals surface area contributed by atoms with E-state index in [0.717, 1.165) is 29.8 Å². The topological polar surface area (TPSA) is 99.6 Å². The summed E-state index contributed by atoms with van der Waals surface area (Å²) in [6.07, 6.45) is 1.61. The van der Waals surface area contributed by atoms with Gasteiger partial charge in [0.05, 0.1) is 0 Å². The molecule has 5 nitrogen and oxygen atoms in total. The lowest BCUT2D eigenvalue weighted by Crippen LogP contribution is -2.33. The van der Waals surface area contributed by atoms with Crippen LogP contribution in [0.1, 0.15) is 31.4 Å². The molecule has 1 heterocycles. The van der Waals surface area contributed by atoms with Crippen molar-refractivity contribution < 1.29 is 4.74 Å². The maximum atomic E-state index is 6.10. The number of benzene rings is 1. The molecule has 2 unspecified atom stereocenters. The molecule has 0 spiro atoms. The Kier molecular flexibility index (Phi) is 10.8. The van der Waals surface area contributed by atoms with E-state index in [-0.39, 0.29) is 49.4 Å². The number of fused-ring (bicyclic) bond motifs is 1. The molecule has 0 fully saturated rings. The normalized spacial score (nSPS) is 16.9. The quantitative estimate of drug-likeness (QED) is 0.770. The second-order valence-electron chi connectivity index (χ2n) is 4.56. The molecular formula is C13H23Cl3N4O. The van der Waals surface area contributed by atoms with Gasteiger partial charge in [0.15, 0.2) is 6.10 Å². The van der Waals surface area contributed by atoms with Gasteiger partial charge in [0.1, 0.15) is 17.3 Å². The summed E-state index contributed by atoms with van der Waals surface area (Å²) in [5.74, 6) is 1.25. The number of nitrogens with two attached hydrogens (primary N) is 3. The lowest BCUT2D eigenvalue weighted by molar-refractivity contribution is 0.281. The molecule has 2 rings (SSSR count). The SMILES string of the molecule is CC1Oc2ccc(C(N)CCCN)cc2N=C1N.Cl.Cl.Cl. The average molecular weight is 358 g/mol. The van der Waals surface area contributed by atoms with E-state index in [4.69, 9.17) is 21.9 Å². The van der Waals surface area contributed by atoms with E-state index >= 15 is 0 Å². The molecule has 1 aliphatic heterocycles. The number of ether oxygens (including phenoxy) is 1. The fraction of sp³-hybridized carbons (Fsp3) is 0.462. The van der Waals surface area contributed by atoms with Crippen LogP contribution in [0.25, 0.3) is 0 Å². The lowest BCUT2D eigenvalue weighted by atomic mass is 10.0. The zero-order valence-electron chi connectivity index (χ0n) is 11.8. The molecule has 0 saturated heterocycles. The highest BCUT2D eigenvalue weighted by atomic mass is 35.5. The van der Waals surface area contributed by atoms with Crippen molar-refractivity contribution in [2.75, 3.05) is 6.54 Å². The maximum absolute atomic E-state index is 6.10. The van der Waals surface area contributed by atoms with E-state index in [9.17, 15) is 0 Å². The van der Waals surface area contributed by atoms with Crippen molar-refractivity contribution in [2.45, 2.75) is 31.9 Å². The van der Waals surface area contributed by atoms with Crippen LogP contribution in [0.4, 0.5) is 5.69 Å². The van der Waals surface area contributed by atoms with Crippen LogP contribution >= 0.6 is 37.2 Å². The van der Waals surface area contributed by atoms with Gasteiger partial charge in [0.2, 0.25) is 0 Å². The summed E-state index contributed by atoms with van der Waals surface area (Å²) < 4.78 is 5.64. The van der Waals surface area contributed by atoms with Gasteiger partial charge in [-0.1, -0.05) is 6.07 Å². The highest BCUT2D eigenvalue weighted by Gasteiger charge is 2.19. The summed E-state index contributed by atoms with van der Waals surface area (Å²) in [7, 11) is 0. The molecule has 1 aliphatic rings. The molecule has 122 valence electrons. The molecule has 0 bridgehead atoms. The minimum Gasteiger partial charge on any atom is -0.481 e. The van der Waals surface area contributed by atoms with Crippen molar-refractivity contribution in [1.29, 1.82) is 0 Å². The summed E-state index contributed by atoms with van der Waals surface area (Å²) in [6.45, 7) is 2.53. The molecule has 6 N–H and O–H groups in total. The average Bonchev–Trinajstić information content (AvgIpc) is 2.36. The van der Waals surface area contributed by atoms with E-state index < -0.39 is 0 Å². The first-order chi connectivity index (χ1) is 8.61. The van der Waals surface area contributed by atoms with E-state index in [1.54, 1.807) is 0 Å². The lowest BCUT2D eigenvalue weighted by Gasteiger charge is -2.22. The van der Waals surface area contributed by atoms with E-state index in [2.05, 4.69) is 4.99 Å². The second kappa shape index (κ2) is 10.1. The molecular weight excluding hydrogens is 335 g/mol. The van der Waals surface area contributed by atoms with Gasteiger partial charge in [-0.15, -0.1) is 37.2 Å². The molecule has 21 heavy (non-hydrogen) atoms. The molecule has 0 amide bonds. The summed E-state index contributed by atoms with van der Waals surface area (Å²) >= 11 is 0. The summed E-state index contributed by atoms with van der Waals surface area (Å²) in [5, 5.41) is 0. The van der Waals surface area contributed by atoms with Crippen LogP contribution in [0, 0.1) is 0 Å². The van der Waals surface area contributed by atoms with Crippen molar-refractivity contribution in [3.8, 4) is 5.75 Å². The van der Waals surface area contributed by atoms with Crippen LogP contribution in [0.2, 0.25) is 0 Å². The Morgan fingerprint density at radius 3 is 2.57 bits per heavy atom. The van der Waals surface area contributed by atoms with Crippen molar-refractivity contribution in [3.63, 3.8) is 0 Å². The number of rotatable bonds is 4. The predicted molar refractivity (Wildman–Crippen MR) is 94.8 cm³/mol.